The summed E-state index contributed by atoms with van der Waals surface area (Å²) < 4.78 is 0. The summed E-state index contributed by atoms with van der Waals surface area (Å²) >= 11 is 0. The van der Waals surface area contributed by atoms with Crippen LogP contribution in [0.2, 0.25) is 0 Å². The molecule has 0 unspecified atom stereocenters. The first-order chi connectivity index (χ1) is 4.29. The Hall–Kier alpha value is -0.330. The van der Waals surface area contributed by atoms with Gasteiger partial charge in [0.05, 0.1) is 0 Å². The topological polar surface area (TPSA) is 17.1 Å². The fraction of sp³-hybridized carbons (Fsp3) is 0.875. The molecule has 0 saturated heterocycles. The lowest BCUT2D eigenvalue weighted by molar-refractivity contribution is -0.138. The molecule has 1 nitrogen and oxygen atoms in total. The van der Waals surface area contributed by atoms with Crippen molar-refractivity contribution in [3.8, 4) is 0 Å². The van der Waals surface area contributed by atoms with Gasteiger partial charge in [0.15, 0.2) is 0 Å². The minimum Gasteiger partial charge on any atom is -0.299 e. The van der Waals surface area contributed by atoms with Crippen LogP contribution in [0.4, 0.5) is 0 Å². The smallest absolute Gasteiger partial charge is 0.140 e. The molecular weight excluding hydrogens is 112 g/mol. The molecule has 3 rings (SSSR count). The quantitative estimate of drug-likeness (QED) is 0.476. The molecule has 3 saturated carbocycles. The zero-order chi connectivity index (χ0) is 6.11. The average Bonchev–Trinajstić information content (AvgIpc) is 2.62. The van der Waals surface area contributed by atoms with Crippen molar-refractivity contribution < 1.29 is 4.79 Å². The first kappa shape index (κ1) is 4.48. The SMILES string of the molecule is O=C1CC2(CC2)C12CC2. The Balaban J connectivity index is 2.05. The largest absolute Gasteiger partial charge is 0.299 e. The molecule has 0 aliphatic heterocycles. The van der Waals surface area contributed by atoms with Crippen molar-refractivity contribution >= 4 is 5.78 Å². The van der Waals surface area contributed by atoms with E-state index < -0.39 is 0 Å². The first-order valence-corrected chi connectivity index (χ1v) is 3.83. The van der Waals surface area contributed by atoms with Gasteiger partial charge >= 0.3 is 0 Å². The molecule has 0 aromatic heterocycles. The summed E-state index contributed by atoms with van der Waals surface area (Å²) in [7, 11) is 0. The van der Waals surface area contributed by atoms with E-state index in [0.29, 0.717) is 16.6 Å². The van der Waals surface area contributed by atoms with Gasteiger partial charge in [-0.15, -0.1) is 0 Å². The monoisotopic (exact) mass is 122 g/mol. The fourth-order valence-corrected chi connectivity index (χ4v) is 2.58. The van der Waals surface area contributed by atoms with Crippen LogP contribution in [0.5, 0.6) is 0 Å². The van der Waals surface area contributed by atoms with Crippen molar-refractivity contribution in [2.75, 3.05) is 0 Å². The molecule has 48 valence electrons. The average molecular weight is 122 g/mol. The molecule has 3 aliphatic carbocycles. The van der Waals surface area contributed by atoms with Crippen LogP contribution in [0.15, 0.2) is 0 Å². The second-order valence-electron chi connectivity index (χ2n) is 3.96. The molecule has 0 bridgehead atoms. The van der Waals surface area contributed by atoms with Crippen LogP contribution in [0, 0.1) is 10.8 Å². The summed E-state index contributed by atoms with van der Waals surface area (Å²) in [6.07, 6.45) is 6.11. The van der Waals surface area contributed by atoms with Crippen LogP contribution in [0.3, 0.4) is 0 Å². The Kier molecular flexibility index (Phi) is 0.439. The third kappa shape index (κ3) is 0.280. The van der Waals surface area contributed by atoms with E-state index in [9.17, 15) is 4.79 Å². The van der Waals surface area contributed by atoms with Gasteiger partial charge in [-0.05, 0) is 31.1 Å². The molecule has 2 spiro atoms. The van der Waals surface area contributed by atoms with Crippen LogP contribution in [0.25, 0.3) is 0 Å². The minimum atomic E-state index is 0.299. The lowest BCUT2D eigenvalue weighted by Crippen LogP contribution is -2.40. The second-order valence-corrected chi connectivity index (χ2v) is 3.96. The first-order valence-electron chi connectivity index (χ1n) is 3.83. The van der Waals surface area contributed by atoms with E-state index in [1.165, 1.54) is 25.7 Å². The number of carbonyl (C=O) groups is 1. The van der Waals surface area contributed by atoms with Crippen molar-refractivity contribution in [2.45, 2.75) is 32.1 Å². The Bertz CT molecular complexity index is 197. The zero-order valence-electron chi connectivity index (χ0n) is 5.44. The molecule has 3 fully saturated rings. The van der Waals surface area contributed by atoms with Gasteiger partial charge in [-0.2, -0.15) is 0 Å². The zero-order valence-corrected chi connectivity index (χ0v) is 5.44. The van der Waals surface area contributed by atoms with Gasteiger partial charge in [-0.1, -0.05) is 0 Å². The normalized spacial score (nSPS) is 38.9. The van der Waals surface area contributed by atoms with Gasteiger partial charge < -0.3 is 0 Å². The third-order valence-corrected chi connectivity index (χ3v) is 3.65. The van der Waals surface area contributed by atoms with Gasteiger partial charge in [0, 0.05) is 11.8 Å². The molecule has 0 amide bonds. The molecule has 0 atom stereocenters. The minimum absolute atomic E-state index is 0.299. The van der Waals surface area contributed by atoms with Gasteiger partial charge in [-0.3, -0.25) is 4.79 Å². The highest BCUT2D eigenvalue weighted by Crippen LogP contribution is 2.79. The standard InChI is InChI=1S/C8H10O/c9-6-5-7(1-2-7)8(6)3-4-8/h1-5H2. The van der Waals surface area contributed by atoms with Crippen molar-refractivity contribution in [3.63, 3.8) is 0 Å². The maximum atomic E-state index is 11.1. The molecular formula is C8H10O. The summed E-state index contributed by atoms with van der Waals surface area (Å²) in [5.41, 5.74) is 0.900. The Morgan fingerprint density at radius 1 is 1.11 bits per heavy atom. The third-order valence-electron chi connectivity index (χ3n) is 3.65. The number of ketones is 1. The molecule has 3 aliphatic rings. The summed E-state index contributed by atoms with van der Waals surface area (Å²) in [6.45, 7) is 0. The van der Waals surface area contributed by atoms with Crippen molar-refractivity contribution in [1.29, 1.82) is 0 Å². The number of hydrogen-bond acceptors (Lipinski definition) is 1. The Labute approximate surface area is 54.4 Å². The molecule has 9 heavy (non-hydrogen) atoms. The summed E-state index contributed by atoms with van der Waals surface area (Å²) in [5.74, 6) is 0.583. The maximum absolute atomic E-state index is 11.1. The van der Waals surface area contributed by atoms with Gasteiger partial charge in [-0.25, -0.2) is 0 Å². The predicted octanol–water partition coefficient (Wildman–Crippen LogP) is 1.52. The molecule has 0 aromatic rings. The van der Waals surface area contributed by atoms with Crippen molar-refractivity contribution in [3.05, 3.63) is 0 Å². The maximum Gasteiger partial charge on any atom is 0.140 e. The second kappa shape index (κ2) is 0.882. The van der Waals surface area contributed by atoms with Crippen molar-refractivity contribution in [2.24, 2.45) is 10.8 Å². The highest BCUT2D eigenvalue weighted by atomic mass is 16.1. The van der Waals surface area contributed by atoms with Gasteiger partial charge in [0.25, 0.3) is 0 Å². The van der Waals surface area contributed by atoms with E-state index in [1.807, 2.05) is 0 Å². The predicted molar refractivity (Wildman–Crippen MR) is 33.0 cm³/mol. The Morgan fingerprint density at radius 3 is 2.00 bits per heavy atom. The van der Waals surface area contributed by atoms with E-state index in [1.54, 1.807) is 0 Å². The van der Waals surface area contributed by atoms with Gasteiger partial charge in [0.2, 0.25) is 0 Å². The number of Topliss-reactive ketones (excluding diaryl/α,β-unsaturated/α-hetero) is 1. The molecule has 1 heteroatoms. The van der Waals surface area contributed by atoms with E-state index in [4.69, 9.17) is 0 Å². The molecule has 0 N–H and O–H groups in total. The van der Waals surface area contributed by atoms with Gasteiger partial charge in [0.1, 0.15) is 5.78 Å². The summed E-state index contributed by atoms with van der Waals surface area (Å²) in [4.78, 5) is 11.1. The van der Waals surface area contributed by atoms with Crippen LogP contribution in [0.1, 0.15) is 32.1 Å². The van der Waals surface area contributed by atoms with Crippen LogP contribution >= 0.6 is 0 Å². The van der Waals surface area contributed by atoms with E-state index in [-0.39, 0.29) is 0 Å². The molecule has 0 radical (unpaired) electrons. The lowest BCUT2D eigenvalue weighted by Gasteiger charge is -2.35. The number of rotatable bonds is 0. The highest BCUT2D eigenvalue weighted by Gasteiger charge is 2.76. The van der Waals surface area contributed by atoms with E-state index >= 15 is 0 Å². The van der Waals surface area contributed by atoms with Crippen LogP contribution in [-0.4, -0.2) is 5.78 Å². The highest BCUT2D eigenvalue weighted by molar-refractivity contribution is 5.96. The number of carbonyl (C=O) groups excluding carboxylic acids is 1. The number of fused-ring (bicyclic) bond motifs is 1. The molecule has 0 aromatic carbocycles. The van der Waals surface area contributed by atoms with E-state index in [2.05, 4.69) is 0 Å². The molecule has 0 heterocycles. The summed E-state index contributed by atoms with van der Waals surface area (Å²) in [5, 5.41) is 0. The van der Waals surface area contributed by atoms with E-state index in [0.717, 1.165) is 6.42 Å². The fourth-order valence-electron chi connectivity index (χ4n) is 2.58. The van der Waals surface area contributed by atoms with Crippen LogP contribution in [-0.2, 0) is 4.79 Å². The lowest BCUT2D eigenvalue weighted by atomic mass is 9.66. The Morgan fingerprint density at radius 2 is 1.78 bits per heavy atom. The summed E-state index contributed by atoms with van der Waals surface area (Å²) in [6, 6.07) is 0. The van der Waals surface area contributed by atoms with Crippen LogP contribution < -0.4 is 0 Å². The van der Waals surface area contributed by atoms with Crippen molar-refractivity contribution in [1.82, 2.24) is 0 Å². The number of hydrogen-bond donors (Lipinski definition) is 0.